The van der Waals surface area contributed by atoms with Crippen LogP contribution in [-0.2, 0) is 0 Å². The van der Waals surface area contributed by atoms with E-state index in [2.05, 4.69) is 46.0 Å². The first-order valence-electron chi connectivity index (χ1n) is 7.45. The Balaban J connectivity index is 2.26. The highest BCUT2D eigenvalue weighted by Gasteiger charge is 2.20. The molecule has 1 aliphatic heterocycles. The van der Waals surface area contributed by atoms with Crippen LogP contribution in [0.15, 0.2) is 22.7 Å². The number of hydrogen-bond donors (Lipinski definition) is 1. The molecule has 1 saturated heterocycles. The Kier molecular flexibility index (Phi) is 5.28. The summed E-state index contributed by atoms with van der Waals surface area (Å²) in [5.74, 6) is 0. The molecule has 1 aliphatic rings. The molecule has 0 spiro atoms. The van der Waals surface area contributed by atoms with E-state index in [1.807, 2.05) is 6.92 Å². The zero-order valence-corrected chi connectivity index (χ0v) is 13.6. The Bertz CT molecular complexity index is 417. The lowest BCUT2D eigenvalue weighted by Gasteiger charge is -2.32. The van der Waals surface area contributed by atoms with Crippen molar-refractivity contribution in [3.8, 4) is 0 Å². The highest BCUT2D eigenvalue weighted by Crippen LogP contribution is 2.31. The third-order valence-electron chi connectivity index (χ3n) is 4.15. The van der Waals surface area contributed by atoms with Crippen LogP contribution in [0, 0.1) is 0 Å². The minimum Gasteiger partial charge on any atom is -0.369 e. The molecule has 106 valence electrons. The summed E-state index contributed by atoms with van der Waals surface area (Å²) in [7, 11) is 0. The molecule has 3 heteroatoms. The van der Waals surface area contributed by atoms with Gasteiger partial charge in [-0.05, 0) is 43.9 Å². The van der Waals surface area contributed by atoms with Gasteiger partial charge in [0.1, 0.15) is 0 Å². The zero-order chi connectivity index (χ0) is 13.8. The molecule has 0 radical (unpaired) electrons. The number of hydrogen-bond acceptors (Lipinski definition) is 2. The highest BCUT2D eigenvalue weighted by atomic mass is 79.9. The standard InChI is InChI=1S/C16H25BrN2/c1-3-13-7-5-4-6-10-19(13)14-8-9-15(12(2)18)16(17)11-14/h8-9,11-13H,3-7,10,18H2,1-2H3. The van der Waals surface area contributed by atoms with E-state index in [1.165, 1.54) is 49.9 Å². The normalized spacial score (nSPS) is 22.1. The SMILES string of the molecule is CCC1CCCCCN1c1ccc(C(C)N)c(Br)c1. The van der Waals surface area contributed by atoms with Crippen molar-refractivity contribution in [1.29, 1.82) is 0 Å². The molecule has 0 bridgehead atoms. The van der Waals surface area contributed by atoms with Crippen molar-refractivity contribution in [2.45, 2.75) is 58.0 Å². The van der Waals surface area contributed by atoms with Crippen LogP contribution >= 0.6 is 15.9 Å². The molecule has 0 aromatic heterocycles. The van der Waals surface area contributed by atoms with Crippen LogP contribution in [0.5, 0.6) is 0 Å². The van der Waals surface area contributed by atoms with Crippen LogP contribution in [0.1, 0.15) is 57.6 Å². The average molecular weight is 325 g/mol. The van der Waals surface area contributed by atoms with Crippen molar-refractivity contribution in [1.82, 2.24) is 0 Å². The fraction of sp³-hybridized carbons (Fsp3) is 0.625. The first-order valence-corrected chi connectivity index (χ1v) is 8.24. The van der Waals surface area contributed by atoms with Gasteiger partial charge in [0.05, 0.1) is 0 Å². The average Bonchev–Trinajstić information content (AvgIpc) is 2.63. The van der Waals surface area contributed by atoms with E-state index in [1.54, 1.807) is 0 Å². The van der Waals surface area contributed by atoms with Gasteiger partial charge in [0, 0.05) is 28.8 Å². The number of anilines is 1. The molecule has 1 heterocycles. The van der Waals surface area contributed by atoms with Crippen LogP contribution in [0.25, 0.3) is 0 Å². The summed E-state index contributed by atoms with van der Waals surface area (Å²) in [4.78, 5) is 2.59. The van der Waals surface area contributed by atoms with Gasteiger partial charge in [-0.25, -0.2) is 0 Å². The largest absolute Gasteiger partial charge is 0.369 e. The lowest BCUT2D eigenvalue weighted by atomic mass is 10.1. The molecule has 1 aromatic rings. The maximum absolute atomic E-state index is 5.98. The Morgan fingerprint density at radius 3 is 2.79 bits per heavy atom. The quantitative estimate of drug-likeness (QED) is 0.878. The van der Waals surface area contributed by atoms with E-state index < -0.39 is 0 Å². The summed E-state index contributed by atoms with van der Waals surface area (Å²) in [6, 6.07) is 7.41. The summed E-state index contributed by atoms with van der Waals surface area (Å²) >= 11 is 3.67. The first kappa shape index (κ1) is 14.9. The lowest BCUT2D eigenvalue weighted by Crippen LogP contribution is -2.34. The molecule has 1 aromatic carbocycles. The Morgan fingerprint density at radius 2 is 2.16 bits per heavy atom. The molecule has 0 saturated carbocycles. The molecule has 19 heavy (non-hydrogen) atoms. The predicted octanol–water partition coefficient (Wildman–Crippen LogP) is 4.63. The molecular weight excluding hydrogens is 300 g/mol. The summed E-state index contributed by atoms with van der Waals surface area (Å²) in [5, 5.41) is 0. The van der Waals surface area contributed by atoms with Crippen LogP contribution in [-0.4, -0.2) is 12.6 Å². The second-order valence-corrected chi connectivity index (χ2v) is 6.45. The fourth-order valence-electron chi connectivity index (χ4n) is 3.01. The van der Waals surface area contributed by atoms with Crippen molar-refractivity contribution >= 4 is 21.6 Å². The zero-order valence-electron chi connectivity index (χ0n) is 12.0. The van der Waals surface area contributed by atoms with Crippen molar-refractivity contribution in [2.24, 2.45) is 5.73 Å². The summed E-state index contributed by atoms with van der Waals surface area (Å²) < 4.78 is 1.14. The van der Waals surface area contributed by atoms with Gasteiger partial charge in [-0.3, -0.25) is 0 Å². The van der Waals surface area contributed by atoms with Crippen LogP contribution in [0.2, 0.25) is 0 Å². The fourth-order valence-corrected chi connectivity index (χ4v) is 3.73. The van der Waals surface area contributed by atoms with E-state index in [0.29, 0.717) is 6.04 Å². The van der Waals surface area contributed by atoms with Crippen molar-refractivity contribution in [2.75, 3.05) is 11.4 Å². The smallest absolute Gasteiger partial charge is 0.0380 e. The van der Waals surface area contributed by atoms with E-state index in [0.717, 1.165) is 4.47 Å². The van der Waals surface area contributed by atoms with Crippen molar-refractivity contribution in [3.63, 3.8) is 0 Å². The molecule has 0 amide bonds. The van der Waals surface area contributed by atoms with E-state index >= 15 is 0 Å². The third kappa shape index (κ3) is 3.51. The van der Waals surface area contributed by atoms with Crippen LogP contribution in [0.3, 0.4) is 0 Å². The topological polar surface area (TPSA) is 29.3 Å². The number of benzene rings is 1. The number of halogens is 1. The van der Waals surface area contributed by atoms with Gasteiger partial charge < -0.3 is 10.6 Å². The number of nitrogens with zero attached hydrogens (tertiary/aromatic N) is 1. The Morgan fingerprint density at radius 1 is 1.37 bits per heavy atom. The Labute approximate surface area is 125 Å². The van der Waals surface area contributed by atoms with Gasteiger partial charge in [0.2, 0.25) is 0 Å². The van der Waals surface area contributed by atoms with Crippen LogP contribution in [0.4, 0.5) is 5.69 Å². The van der Waals surface area contributed by atoms with Gasteiger partial charge >= 0.3 is 0 Å². The van der Waals surface area contributed by atoms with Gasteiger partial charge in [0.25, 0.3) is 0 Å². The molecule has 2 atom stereocenters. The lowest BCUT2D eigenvalue weighted by molar-refractivity contribution is 0.556. The molecule has 2 rings (SSSR count). The van der Waals surface area contributed by atoms with Gasteiger partial charge in [-0.1, -0.05) is 41.8 Å². The molecular formula is C16H25BrN2. The monoisotopic (exact) mass is 324 g/mol. The molecule has 0 aliphatic carbocycles. The van der Waals surface area contributed by atoms with Crippen molar-refractivity contribution in [3.05, 3.63) is 28.2 Å². The molecule has 2 nitrogen and oxygen atoms in total. The van der Waals surface area contributed by atoms with Gasteiger partial charge in [-0.15, -0.1) is 0 Å². The maximum Gasteiger partial charge on any atom is 0.0380 e. The van der Waals surface area contributed by atoms with Crippen molar-refractivity contribution < 1.29 is 0 Å². The molecule has 2 N–H and O–H groups in total. The second-order valence-electron chi connectivity index (χ2n) is 5.60. The first-order chi connectivity index (χ1) is 9.13. The van der Waals surface area contributed by atoms with E-state index in [-0.39, 0.29) is 6.04 Å². The minimum absolute atomic E-state index is 0.0783. The summed E-state index contributed by atoms with van der Waals surface area (Å²) in [5.41, 5.74) is 8.50. The predicted molar refractivity (Wildman–Crippen MR) is 86.6 cm³/mol. The summed E-state index contributed by atoms with van der Waals surface area (Å²) in [6.45, 7) is 5.51. The second kappa shape index (κ2) is 6.76. The van der Waals surface area contributed by atoms with Gasteiger partial charge in [-0.2, -0.15) is 0 Å². The van der Waals surface area contributed by atoms with E-state index in [4.69, 9.17) is 5.73 Å². The molecule has 1 fully saturated rings. The Hall–Kier alpha value is -0.540. The summed E-state index contributed by atoms with van der Waals surface area (Å²) in [6.07, 6.45) is 6.60. The minimum atomic E-state index is 0.0783. The third-order valence-corrected chi connectivity index (χ3v) is 4.84. The molecule has 2 unspecified atom stereocenters. The van der Waals surface area contributed by atoms with Gasteiger partial charge in [0.15, 0.2) is 0 Å². The maximum atomic E-state index is 5.98. The number of rotatable bonds is 3. The van der Waals surface area contributed by atoms with E-state index in [9.17, 15) is 0 Å². The van der Waals surface area contributed by atoms with Crippen LogP contribution < -0.4 is 10.6 Å². The highest BCUT2D eigenvalue weighted by molar-refractivity contribution is 9.10. The number of nitrogens with two attached hydrogens (primary N) is 1.